The van der Waals surface area contributed by atoms with Gasteiger partial charge in [0.15, 0.2) is 6.61 Å². The molecule has 0 aliphatic heterocycles. The first kappa shape index (κ1) is 15.0. The van der Waals surface area contributed by atoms with Crippen molar-refractivity contribution in [2.75, 3.05) is 13.2 Å². The van der Waals surface area contributed by atoms with Crippen molar-refractivity contribution in [3.05, 3.63) is 29.8 Å². The van der Waals surface area contributed by atoms with Gasteiger partial charge in [-0.3, -0.25) is 4.79 Å². The predicted molar refractivity (Wildman–Crippen MR) is 73.8 cm³/mol. The third-order valence-electron chi connectivity index (χ3n) is 2.72. The van der Waals surface area contributed by atoms with Crippen LogP contribution in [0.3, 0.4) is 0 Å². The van der Waals surface area contributed by atoms with E-state index in [1.807, 2.05) is 6.07 Å². The Balaban J connectivity index is 2.25. The number of unbranched alkanes of at least 4 members (excludes halogenated alkanes) is 3. The van der Waals surface area contributed by atoms with Crippen molar-refractivity contribution in [1.82, 2.24) is 5.32 Å². The van der Waals surface area contributed by atoms with E-state index in [4.69, 9.17) is 10.00 Å². The number of carbonyl (C=O) groups is 1. The summed E-state index contributed by atoms with van der Waals surface area (Å²) in [5, 5.41) is 11.7. The van der Waals surface area contributed by atoms with Gasteiger partial charge < -0.3 is 10.1 Å². The van der Waals surface area contributed by atoms with Gasteiger partial charge in [-0.05, 0) is 18.6 Å². The second-order valence-corrected chi connectivity index (χ2v) is 4.31. The molecule has 4 heteroatoms. The second-order valence-electron chi connectivity index (χ2n) is 4.31. The lowest BCUT2D eigenvalue weighted by Gasteiger charge is -2.08. The molecule has 0 aromatic heterocycles. The summed E-state index contributed by atoms with van der Waals surface area (Å²) in [5.74, 6) is 0.301. The first-order valence-electron chi connectivity index (χ1n) is 6.66. The molecule has 19 heavy (non-hydrogen) atoms. The Morgan fingerprint density at radius 2 is 2.11 bits per heavy atom. The molecule has 1 aromatic rings. The van der Waals surface area contributed by atoms with Gasteiger partial charge in [0.25, 0.3) is 5.91 Å². The smallest absolute Gasteiger partial charge is 0.257 e. The van der Waals surface area contributed by atoms with Gasteiger partial charge in [0.1, 0.15) is 11.8 Å². The Morgan fingerprint density at radius 1 is 1.32 bits per heavy atom. The highest BCUT2D eigenvalue weighted by Crippen LogP contribution is 2.16. The average molecular weight is 260 g/mol. The van der Waals surface area contributed by atoms with Crippen molar-refractivity contribution in [2.45, 2.75) is 32.6 Å². The maximum atomic E-state index is 11.5. The number of carbonyl (C=O) groups excluding carboxylic acids is 1. The van der Waals surface area contributed by atoms with E-state index in [0.29, 0.717) is 17.9 Å². The molecule has 0 saturated carbocycles. The van der Waals surface area contributed by atoms with Crippen LogP contribution in [0.25, 0.3) is 0 Å². The molecule has 1 aromatic carbocycles. The fourth-order valence-corrected chi connectivity index (χ4v) is 1.66. The molecule has 0 aliphatic rings. The number of nitrogens with zero attached hydrogens (tertiary/aromatic N) is 1. The highest BCUT2D eigenvalue weighted by molar-refractivity contribution is 5.77. The maximum Gasteiger partial charge on any atom is 0.257 e. The SMILES string of the molecule is CCCCCCNC(=O)COc1ccccc1C#N. The summed E-state index contributed by atoms with van der Waals surface area (Å²) in [6.07, 6.45) is 4.51. The van der Waals surface area contributed by atoms with Crippen LogP contribution in [0.15, 0.2) is 24.3 Å². The van der Waals surface area contributed by atoms with E-state index < -0.39 is 0 Å². The third kappa shape index (κ3) is 5.91. The lowest BCUT2D eigenvalue weighted by Crippen LogP contribution is -2.29. The Bertz CT molecular complexity index is 438. The summed E-state index contributed by atoms with van der Waals surface area (Å²) >= 11 is 0. The Labute approximate surface area is 114 Å². The third-order valence-corrected chi connectivity index (χ3v) is 2.72. The van der Waals surface area contributed by atoms with Crippen LogP contribution >= 0.6 is 0 Å². The van der Waals surface area contributed by atoms with Crippen LogP contribution in [0.4, 0.5) is 0 Å². The van der Waals surface area contributed by atoms with Crippen LogP contribution in [-0.2, 0) is 4.79 Å². The van der Waals surface area contributed by atoms with Crippen LogP contribution < -0.4 is 10.1 Å². The molecule has 0 aliphatic carbocycles. The summed E-state index contributed by atoms with van der Waals surface area (Å²) in [6.45, 7) is 2.79. The zero-order valence-electron chi connectivity index (χ0n) is 11.3. The number of amides is 1. The van der Waals surface area contributed by atoms with Gasteiger partial charge in [-0.15, -0.1) is 0 Å². The minimum Gasteiger partial charge on any atom is -0.482 e. The molecule has 0 bridgehead atoms. The van der Waals surface area contributed by atoms with E-state index in [2.05, 4.69) is 12.2 Å². The number of para-hydroxylation sites is 1. The standard InChI is InChI=1S/C15H20N2O2/c1-2-3-4-7-10-17-15(18)12-19-14-9-6-5-8-13(14)11-16/h5-6,8-9H,2-4,7,10,12H2,1H3,(H,17,18). The van der Waals surface area contributed by atoms with Gasteiger partial charge in [-0.2, -0.15) is 5.26 Å². The monoisotopic (exact) mass is 260 g/mol. The molecular formula is C15H20N2O2. The quantitative estimate of drug-likeness (QED) is 0.731. The van der Waals surface area contributed by atoms with Crippen molar-refractivity contribution in [3.63, 3.8) is 0 Å². The number of rotatable bonds is 8. The number of ether oxygens (including phenoxy) is 1. The number of hydrogen-bond donors (Lipinski definition) is 1. The van der Waals surface area contributed by atoms with E-state index in [1.165, 1.54) is 12.8 Å². The molecule has 1 amide bonds. The van der Waals surface area contributed by atoms with E-state index in [0.717, 1.165) is 12.8 Å². The van der Waals surface area contributed by atoms with Gasteiger partial charge in [0, 0.05) is 6.54 Å². The highest BCUT2D eigenvalue weighted by Gasteiger charge is 2.05. The van der Waals surface area contributed by atoms with E-state index in [1.54, 1.807) is 24.3 Å². The minimum absolute atomic E-state index is 0.0491. The molecular weight excluding hydrogens is 240 g/mol. The average Bonchev–Trinajstić information content (AvgIpc) is 2.45. The number of nitrogens with one attached hydrogen (secondary N) is 1. The number of nitriles is 1. The topological polar surface area (TPSA) is 62.1 Å². The lowest BCUT2D eigenvalue weighted by atomic mass is 10.2. The molecule has 0 fully saturated rings. The molecule has 0 spiro atoms. The molecule has 102 valence electrons. The van der Waals surface area contributed by atoms with E-state index in [-0.39, 0.29) is 12.5 Å². The summed E-state index contributed by atoms with van der Waals surface area (Å²) in [6, 6.07) is 8.92. The molecule has 1 rings (SSSR count). The van der Waals surface area contributed by atoms with E-state index in [9.17, 15) is 4.79 Å². The second kappa shape index (κ2) is 8.98. The Kier molecular flexibility index (Phi) is 7.11. The van der Waals surface area contributed by atoms with Crippen molar-refractivity contribution in [2.24, 2.45) is 0 Å². The minimum atomic E-state index is -0.149. The van der Waals surface area contributed by atoms with Crippen LogP contribution in [-0.4, -0.2) is 19.1 Å². The van der Waals surface area contributed by atoms with E-state index >= 15 is 0 Å². The molecule has 0 radical (unpaired) electrons. The summed E-state index contributed by atoms with van der Waals surface area (Å²) in [5.41, 5.74) is 0.443. The van der Waals surface area contributed by atoms with Crippen molar-refractivity contribution in [3.8, 4) is 11.8 Å². The first-order chi connectivity index (χ1) is 9.27. The van der Waals surface area contributed by atoms with Crippen LogP contribution in [0.5, 0.6) is 5.75 Å². The fourth-order valence-electron chi connectivity index (χ4n) is 1.66. The van der Waals surface area contributed by atoms with Crippen LogP contribution in [0.2, 0.25) is 0 Å². The Morgan fingerprint density at radius 3 is 2.84 bits per heavy atom. The zero-order valence-corrected chi connectivity index (χ0v) is 11.3. The molecule has 0 saturated heterocycles. The van der Waals surface area contributed by atoms with Crippen LogP contribution in [0.1, 0.15) is 38.2 Å². The van der Waals surface area contributed by atoms with Crippen molar-refractivity contribution >= 4 is 5.91 Å². The van der Waals surface area contributed by atoms with Crippen molar-refractivity contribution < 1.29 is 9.53 Å². The first-order valence-corrected chi connectivity index (χ1v) is 6.66. The number of benzene rings is 1. The van der Waals surface area contributed by atoms with Crippen molar-refractivity contribution in [1.29, 1.82) is 5.26 Å². The summed E-state index contributed by atoms with van der Waals surface area (Å²) < 4.78 is 5.33. The lowest BCUT2D eigenvalue weighted by molar-refractivity contribution is -0.123. The molecule has 1 N–H and O–H groups in total. The fraction of sp³-hybridized carbons (Fsp3) is 0.467. The van der Waals surface area contributed by atoms with Gasteiger partial charge in [-0.1, -0.05) is 38.3 Å². The van der Waals surface area contributed by atoms with Gasteiger partial charge in [-0.25, -0.2) is 0 Å². The normalized spacial score (nSPS) is 9.68. The van der Waals surface area contributed by atoms with Gasteiger partial charge in [0.05, 0.1) is 5.56 Å². The summed E-state index contributed by atoms with van der Waals surface area (Å²) in [7, 11) is 0. The molecule has 0 unspecified atom stereocenters. The van der Waals surface area contributed by atoms with Gasteiger partial charge >= 0.3 is 0 Å². The highest BCUT2D eigenvalue weighted by atomic mass is 16.5. The Hall–Kier alpha value is -2.02. The maximum absolute atomic E-state index is 11.5. The molecule has 0 heterocycles. The largest absolute Gasteiger partial charge is 0.482 e. The molecule has 4 nitrogen and oxygen atoms in total. The predicted octanol–water partition coefficient (Wildman–Crippen LogP) is 2.63. The molecule has 0 atom stereocenters. The summed E-state index contributed by atoms with van der Waals surface area (Å²) in [4.78, 5) is 11.5. The van der Waals surface area contributed by atoms with Gasteiger partial charge in [0.2, 0.25) is 0 Å². The number of hydrogen-bond acceptors (Lipinski definition) is 3. The van der Waals surface area contributed by atoms with Crippen LogP contribution in [0, 0.1) is 11.3 Å². The zero-order chi connectivity index (χ0) is 13.9.